The molecule has 2 aliphatic carbocycles. The highest BCUT2D eigenvalue weighted by molar-refractivity contribution is 7.19. The van der Waals surface area contributed by atoms with Gasteiger partial charge < -0.3 is 14.1 Å². The summed E-state index contributed by atoms with van der Waals surface area (Å²) < 4.78 is 11.6. The fraction of sp³-hybridized carbons (Fsp3) is 0.524. The smallest absolute Gasteiger partial charge is 0.141 e. The normalized spacial score (nSPS) is 23.0. The number of furan rings is 1. The SMILES string of the molecule is c1coc(C2CN(c3nc(C4CC4)nc4sc5c(c34)CCCC5)CCO2)c1. The van der Waals surface area contributed by atoms with Crippen molar-refractivity contribution in [2.75, 3.05) is 24.6 Å². The number of fused-ring (bicyclic) bond motifs is 3. The Morgan fingerprint density at radius 1 is 1.15 bits per heavy atom. The molecule has 27 heavy (non-hydrogen) atoms. The van der Waals surface area contributed by atoms with Crippen LogP contribution in [0, 0.1) is 0 Å². The van der Waals surface area contributed by atoms with Crippen LogP contribution in [0.2, 0.25) is 0 Å². The van der Waals surface area contributed by atoms with E-state index < -0.39 is 0 Å². The number of rotatable bonds is 3. The number of anilines is 1. The first kappa shape index (κ1) is 16.1. The Morgan fingerprint density at radius 2 is 2.07 bits per heavy atom. The van der Waals surface area contributed by atoms with Crippen molar-refractivity contribution < 1.29 is 9.15 Å². The standard InChI is InChI=1S/C21H23N3O2S/c1-2-6-17-14(4-1)18-20(22-19(13-7-8-13)23-21(18)27-17)24-9-11-26-16(12-24)15-5-3-10-25-15/h3,5,10,13,16H,1-2,4,6-9,11-12H2. The third-order valence-corrected chi connectivity index (χ3v) is 7.17. The molecule has 1 unspecified atom stereocenters. The van der Waals surface area contributed by atoms with Crippen LogP contribution >= 0.6 is 11.3 Å². The van der Waals surface area contributed by atoms with Gasteiger partial charge in [0.1, 0.15) is 28.3 Å². The van der Waals surface area contributed by atoms with Crippen molar-refractivity contribution in [1.29, 1.82) is 0 Å². The van der Waals surface area contributed by atoms with Crippen LogP contribution in [0.5, 0.6) is 0 Å². The van der Waals surface area contributed by atoms with Gasteiger partial charge in [-0.15, -0.1) is 11.3 Å². The molecule has 0 N–H and O–H groups in total. The van der Waals surface area contributed by atoms with E-state index >= 15 is 0 Å². The minimum absolute atomic E-state index is 0.0300. The van der Waals surface area contributed by atoms with E-state index in [1.807, 2.05) is 23.5 Å². The summed E-state index contributed by atoms with van der Waals surface area (Å²) in [5.74, 6) is 3.66. The van der Waals surface area contributed by atoms with Crippen LogP contribution in [0.15, 0.2) is 22.8 Å². The Bertz CT molecular complexity index is 977. The number of morpholine rings is 1. The van der Waals surface area contributed by atoms with E-state index in [1.54, 1.807) is 6.26 Å². The summed E-state index contributed by atoms with van der Waals surface area (Å²) in [6.45, 7) is 2.36. The van der Waals surface area contributed by atoms with E-state index in [-0.39, 0.29) is 6.10 Å². The maximum Gasteiger partial charge on any atom is 0.141 e. The molecule has 6 rings (SSSR count). The molecule has 140 valence electrons. The first-order chi connectivity index (χ1) is 13.4. The molecule has 5 nitrogen and oxygen atoms in total. The fourth-order valence-corrected chi connectivity index (χ4v) is 5.66. The molecule has 2 fully saturated rings. The lowest BCUT2D eigenvalue weighted by atomic mass is 9.96. The number of thiophene rings is 1. The van der Waals surface area contributed by atoms with Gasteiger partial charge >= 0.3 is 0 Å². The zero-order valence-corrected chi connectivity index (χ0v) is 16.1. The average Bonchev–Trinajstić information content (AvgIpc) is 3.28. The van der Waals surface area contributed by atoms with Crippen molar-refractivity contribution >= 4 is 27.4 Å². The van der Waals surface area contributed by atoms with E-state index in [1.165, 1.54) is 59.2 Å². The largest absolute Gasteiger partial charge is 0.467 e. The van der Waals surface area contributed by atoms with Crippen LogP contribution in [0.25, 0.3) is 10.2 Å². The van der Waals surface area contributed by atoms with Crippen molar-refractivity contribution in [1.82, 2.24) is 9.97 Å². The molecular weight excluding hydrogens is 358 g/mol. The van der Waals surface area contributed by atoms with Crippen LogP contribution in [0.4, 0.5) is 5.82 Å². The molecule has 1 aliphatic heterocycles. The second-order valence-electron chi connectivity index (χ2n) is 7.89. The highest BCUT2D eigenvalue weighted by atomic mass is 32.1. The van der Waals surface area contributed by atoms with Gasteiger partial charge in [-0.1, -0.05) is 0 Å². The summed E-state index contributed by atoms with van der Waals surface area (Å²) in [6.07, 6.45) is 9.10. The molecule has 3 aliphatic rings. The Hall–Kier alpha value is -1.92. The van der Waals surface area contributed by atoms with Crippen molar-refractivity contribution in [2.24, 2.45) is 0 Å². The molecular formula is C21H23N3O2S. The summed E-state index contributed by atoms with van der Waals surface area (Å²) >= 11 is 1.91. The lowest BCUT2D eigenvalue weighted by molar-refractivity contribution is 0.0256. The van der Waals surface area contributed by atoms with Crippen LogP contribution < -0.4 is 4.90 Å². The zero-order valence-electron chi connectivity index (χ0n) is 15.3. The van der Waals surface area contributed by atoms with E-state index in [0.29, 0.717) is 12.5 Å². The molecule has 1 saturated heterocycles. The van der Waals surface area contributed by atoms with Crippen molar-refractivity contribution in [3.63, 3.8) is 0 Å². The van der Waals surface area contributed by atoms with Gasteiger partial charge in [-0.25, -0.2) is 9.97 Å². The quantitative estimate of drug-likeness (QED) is 0.663. The number of ether oxygens (including phenoxy) is 1. The molecule has 1 atom stereocenters. The van der Waals surface area contributed by atoms with Gasteiger partial charge in [-0.05, 0) is 56.2 Å². The Morgan fingerprint density at radius 3 is 2.93 bits per heavy atom. The van der Waals surface area contributed by atoms with Gasteiger partial charge in [0.15, 0.2) is 0 Å². The number of aryl methyl sites for hydroxylation is 2. The lowest BCUT2D eigenvalue weighted by Crippen LogP contribution is -2.39. The van der Waals surface area contributed by atoms with Gasteiger partial charge in [0.2, 0.25) is 0 Å². The molecule has 0 radical (unpaired) electrons. The van der Waals surface area contributed by atoms with Gasteiger partial charge in [-0.2, -0.15) is 0 Å². The van der Waals surface area contributed by atoms with Crippen molar-refractivity contribution in [3.8, 4) is 0 Å². The predicted molar refractivity (Wildman–Crippen MR) is 106 cm³/mol. The molecule has 0 aromatic carbocycles. The Balaban J connectivity index is 1.46. The molecule has 3 aromatic heterocycles. The van der Waals surface area contributed by atoms with Crippen LogP contribution in [-0.2, 0) is 17.6 Å². The maximum absolute atomic E-state index is 5.99. The predicted octanol–water partition coefficient (Wildman–Crippen LogP) is 4.62. The van der Waals surface area contributed by atoms with E-state index in [2.05, 4.69) is 4.90 Å². The number of hydrogen-bond donors (Lipinski definition) is 0. The van der Waals surface area contributed by atoms with Crippen LogP contribution in [0.1, 0.15) is 59.7 Å². The minimum atomic E-state index is -0.0300. The molecule has 0 bridgehead atoms. The number of hydrogen-bond acceptors (Lipinski definition) is 6. The lowest BCUT2D eigenvalue weighted by Gasteiger charge is -2.33. The van der Waals surface area contributed by atoms with Gasteiger partial charge in [0, 0.05) is 17.3 Å². The highest BCUT2D eigenvalue weighted by Gasteiger charge is 2.32. The summed E-state index contributed by atoms with van der Waals surface area (Å²) in [4.78, 5) is 15.3. The van der Waals surface area contributed by atoms with Gasteiger partial charge in [-0.3, -0.25) is 0 Å². The molecule has 0 spiro atoms. The zero-order chi connectivity index (χ0) is 17.8. The second kappa shape index (κ2) is 6.31. The molecule has 4 heterocycles. The third kappa shape index (κ3) is 2.77. The van der Waals surface area contributed by atoms with Crippen LogP contribution in [0.3, 0.4) is 0 Å². The summed E-state index contributed by atoms with van der Waals surface area (Å²) in [5, 5.41) is 1.32. The maximum atomic E-state index is 5.99. The molecule has 6 heteroatoms. The third-order valence-electron chi connectivity index (χ3n) is 5.98. The van der Waals surface area contributed by atoms with E-state index in [4.69, 9.17) is 19.1 Å². The second-order valence-corrected chi connectivity index (χ2v) is 8.98. The summed E-state index contributed by atoms with van der Waals surface area (Å²) in [7, 11) is 0. The number of aromatic nitrogens is 2. The minimum Gasteiger partial charge on any atom is -0.467 e. The molecule has 0 amide bonds. The van der Waals surface area contributed by atoms with Gasteiger partial charge in [0.25, 0.3) is 0 Å². The van der Waals surface area contributed by atoms with Crippen molar-refractivity contribution in [3.05, 3.63) is 40.4 Å². The first-order valence-electron chi connectivity index (χ1n) is 10.1. The van der Waals surface area contributed by atoms with Crippen LogP contribution in [-0.4, -0.2) is 29.7 Å². The molecule has 3 aromatic rings. The number of nitrogens with zero attached hydrogens (tertiary/aromatic N) is 3. The average molecular weight is 382 g/mol. The fourth-order valence-electron chi connectivity index (χ4n) is 4.40. The van der Waals surface area contributed by atoms with Crippen molar-refractivity contribution in [2.45, 2.75) is 50.5 Å². The first-order valence-corrected chi connectivity index (χ1v) is 10.9. The Kier molecular flexibility index (Phi) is 3.76. The van der Waals surface area contributed by atoms with E-state index in [0.717, 1.165) is 30.5 Å². The topological polar surface area (TPSA) is 51.4 Å². The van der Waals surface area contributed by atoms with Gasteiger partial charge in [0.05, 0.1) is 24.8 Å². The monoisotopic (exact) mass is 381 g/mol. The summed E-state index contributed by atoms with van der Waals surface area (Å²) in [6, 6.07) is 3.94. The Labute approximate surface area is 162 Å². The summed E-state index contributed by atoms with van der Waals surface area (Å²) in [5.41, 5.74) is 1.51. The van der Waals surface area contributed by atoms with E-state index in [9.17, 15) is 0 Å². The molecule has 1 saturated carbocycles. The highest BCUT2D eigenvalue weighted by Crippen LogP contribution is 2.44.